The average molecular weight is 269 g/mol. The van der Waals surface area contributed by atoms with Crippen LogP contribution >= 0.6 is 0 Å². The van der Waals surface area contributed by atoms with Gasteiger partial charge in [-0.25, -0.2) is 0 Å². The lowest BCUT2D eigenvalue weighted by Crippen LogP contribution is -2.49. The number of hydrogen-bond acceptors (Lipinski definition) is 3. The number of nitrogens with one attached hydrogen (secondary N) is 1. The van der Waals surface area contributed by atoms with E-state index in [9.17, 15) is 14.7 Å². The predicted molar refractivity (Wildman–Crippen MR) is 69.6 cm³/mol. The van der Waals surface area contributed by atoms with E-state index in [1.54, 1.807) is 20.8 Å². The number of carboxylic acids is 1. The molecule has 0 aromatic carbocycles. The molecule has 0 radical (unpaired) electrons. The number of rotatable bonds is 4. The van der Waals surface area contributed by atoms with Crippen molar-refractivity contribution >= 4 is 11.9 Å². The van der Waals surface area contributed by atoms with Crippen molar-refractivity contribution in [3.63, 3.8) is 0 Å². The number of carboxylic acid groups (broad SMARTS) is 1. The van der Waals surface area contributed by atoms with E-state index in [1.807, 2.05) is 0 Å². The number of hydrogen-bond donors (Lipinski definition) is 2. The second-order valence-corrected chi connectivity index (χ2v) is 6.71. The van der Waals surface area contributed by atoms with Crippen LogP contribution in [-0.2, 0) is 14.3 Å². The van der Waals surface area contributed by atoms with Crippen molar-refractivity contribution in [3.8, 4) is 0 Å². The molecule has 19 heavy (non-hydrogen) atoms. The highest BCUT2D eigenvalue weighted by atomic mass is 16.5. The molecule has 2 aliphatic rings. The van der Waals surface area contributed by atoms with Crippen molar-refractivity contribution in [3.05, 3.63) is 0 Å². The molecule has 1 heterocycles. The van der Waals surface area contributed by atoms with Gasteiger partial charge in [0, 0.05) is 6.61 Å². The highest BCUT2D eigenvalue weighted by molar-refractivity contribution is 5.97. The third-order valence-corrected chi connectivity index (χ3v) is 3.93. The van der Waals surface area contributed by atoms with Gasteiger partial charge >= 0.3 is 5.97 Å². The quantitative estimate of drug-likeness (QED) is 0.757. The molecule has 5 nitrogen and oxygen atoms in total. The maximum Gasteiger partial charge on any atom is 0.316 e. The molecule has 2 N–H and O–H groups in total. The summed E-state index contributed by atoms with van der Waals surface area (Å²) in [6.07, 6.45) is 3.17. The van der Waals surface area contributed by atoms with Crippen molar-refractivity contribution in [2.24, 2.45) is 17.3 Å². The lowest BCUT2D eigenvalue weighted by atomic mass is 9.80. The Morgan fingerprint density at radius 2 is 1.89 bits per heavy atom. The third kappa shape index (κ3) is 3.26. The minimum atomic E-state index is -1.06. The molecule has 0 bridgehead atoms. The van der Waals surface area contributed by atoms with E-state index in [2.05, 4.69) is 5.32 Å². The zero-order chi connectivity index (χ0) is 14.2. The van der Waals surface area contributed by atoms with E-state index in [0.29, 0.717) is 12.5 Å². The summed E-state index contributed by atoms with van der Waals surface area (Å²) in [5.41, 5.74) is -0.593. The van der Waals surface area contributed by atoms with Gasteiger partial charge in [-0.15, -0.1) is 0 Å². The molecule has 2 rings (SSSR count). The minimum Gasteiger partial charge on any atom is -0.481 e. The Hall–Kier alpha value is -1.10. The van der Waals surface area contributed by atoms with Crippen LogP contribution in [0.2, 0.25) is 0 Å². The third-order valence-electron chi connectivity index (χ3n) is 3.93. The highest BCUT2D eigenvalue weighted by Gasteiger charge is 2.44. The van der Waals surface area contributed by atoms with Crippen LogP contribution in [0.1, 0.15) is 40.0 Å². The first-order valence-electron chi connectivity index (χ1n) is 6.95. The second kappa shape index (κ2) is 5.12. The average Bonchev–Trinajstić information content (AvgIpc) is 2.97. The number of ether oxygens (including phenoxy) is 1. The first-order valence-corrected chi connectivity index (χ1v) is 6.95. The number of carbonyl (C=O) groups excluding carboxylic acids is 1. The van der Waals surface area contributed by atoms with Gasteiger partial charge in [0.2, 0.25) is 5.91 Å². The molecule has 1 amide bonds. The molecule has 108 valence electrons. The van der Waals surface area contributed by atoms with Gasteiger partial charge in [-0.1, -0.05) is 20.8 Å². The number of carbonyl (C=O) groups is 2. The first-order chi connectivity index (χ1) is 8.80. The van der Waals surface area contributed by atoms with E-state index in [4.69, 9.17) is 4.74 Å². The van der Waals surface area contributed by atoms with Crippen LogP contribution in [0.15, 0.2) is 0 Å². The molecule has 0 aromatic rings. The zero-order valence-corrected chi connectivity index (χ0v) is 11.8. The molecular weight excluding hydrogens is 246 g/mol. The van der Waals surface area contributed by atoms with Gasteiger partial charge in [-0.05, 0) is 30.6 Å². The van der Waals surface area contributed by atoms with Crippen LogP contribution in [0.5, 0.6) is 0 Å². The highest BCUT2D eigenvalue weighted by Crippen LogP contribution is 2.39. The summed E-state index contributed by atoms with van der Waals surface area (Å²) in [5, 5.41) is 12.1. The van der Waals surface area contributed by atoms with Gasteiger partial charge in [0.05, 0.1) is 12.1 Å². The van der Waals surface area contributed by atoms with Crippen molar-refractivity contribution in [2.75, 3.05) is 6.61 Å². The van der Waals surface area contributed by atoms with Crippen LogP contribution in [0.4, 0.5) is 0 Å². The molecule has 3 atom stereocenters. The Bertz CT molecular complexity index is 370. The van der Waals surface area contributed by atoms with E-state index in [1.165, 1.54) is 0 Å². The summed E-state index contributed by atoms with van der Waals surface area (Å²) in [4.78, 5) is 23.5. The fourth-order valence-electron chi connectivity index (χ4n) is 2.80. The molecular formula is C14H23NO4. The summed E-state index contributed by atoms with van der Waals surface area (Å²) < 4.78 is 5.65. The summed E-state index contributed by atoms with van der Waals surface area (Å²) in [6.45, 7) is 5.97. The SMILES string of the molecule is CC(C)(C)C(C(=O)O)C(=O)NC1CCOC1C1CC1. The minimum absolute atomic E-state index is 0.0239. The Morgan fingerprint density at radius 3 is 2.37 bits per heavy atom. The van der Waals surface area contributed by atoms with Gasteiger partial charge in [0.25, 0.3) is 0 Å². The smallest absolute Gasteiger partial charge is 0.316 e. The Balaban J connectivity index is 2.00. The Labute approximate surface area is 113 Å². The molecule has 1 saturated heterocycles. The fraction of sp³-hybridized carbons (Fsp3) is 0.857. The first kappa shape index (κ1) is 14.3. The van der Waals surface area contributed by atoms with E-state index < -0.39 is 17.3 Å². The van der Waals surface area contributed by atoms with Gasteiger partial charge in [0.1, 0.15) is 5.92 Å². The van der Waals surface area contributed by atoms with Gasteiger partial charge in [-0.3, -0.25) is 9.59 Å². The molecule has 0 spiro atoms. The molecule has 1 aliphatic heterocycles. The normalized spacial score (nSPS) is 29.0. The van der Waals surface area contributed by atoms with Gasteiger partial charge in [0.15, 0.2) is 0 Å². The van der Waals surface area contributed by atoms with E-state index in [-0.39, 0.29) is 18.1 Å². The fourth-order valence-corrected chi connectivity index (χ4v) is 2.80. The number of amides is 1. The van der Waals surface area contributed by atoms with E-state index >= 15 is 0 Å². The summed E-state index contributed by atoms with van der Waals surface area (Å²) in [7, 11) is 0. The largest absolute Gasteiger partial charge is 0.481 e. The van der Waals surface area contributed by atoms with Crippen LogP contribution in [0.25, 0.3) is 0 Å². The monoisotopic (exact) mass is 269 g/mol. The molecule has 2 fully saturated rings. The van der Waals surface area contributed by atoms with Crippen LogP contribution in [-0.4, -0.2) is 35.7 Å². The van der Waals surface area contributed by atoms with Gasteiger partial charge < -0.3 is 15.2 Å². The van der Waals surface area contributed by atoms with Gasteiger partial charge in [-0.2, -0.15) is 0 Å². The summed E-state index contributed by atoms with van der Waals surface area (Å²) in [6, 6.07) is -0.0239. The van der Waals surface area contributed by atoms with Crippen LogP contribution in [0, 0.1) is 17.3 Å². The predicted octanol–water partition coefficient (Wildman–Crippen LogP) is 1.42. The summed E-state index contributed by atoms with van der Waals surface area (Å²) in [5.74, 6) is -1.92. The molecule has 0 aromatic heterocycles. The lowest BCUT2D eigenvalue weighted by Gasteiger charge is -2.28. The number of aliphatic carboxylic acids is 1. The topological polar surface area (TPSA) is 75.6 Å². The van der Waals surface area contributed by atoms with Crippen LogP contribution in [0.3, 0.4) is 0 Å². The zero-order valence-electron chi connectivity index (χ0n) is 11.8. The maximum atomic E-state index is 12.2. The molecule has 1 aliphatic carbocycles. The summed E-state index contributed by atoms with van der Waals surface area (Å²) >= 11 is 0. The Morgan fingerprint density at radius 1 is 1.26 bits per heavy atom. The standard InChI is InChI=1S/C14H23NO4/c1-14(2,3)10(13(17)18)12(16)15-9-6-7-19-11(9)8-4-5-8/h8-11H,4-7H2,1-3H3,(H,15,16)(H,17,18). The Kier molecular flexibility index (Phi) is 3.85. The molecule has 5 heteroatoms. The molecule has 3 unspecified atom stereocenters. The molecule has 1 saturated carbocycles. The van der Waals surface area contributed by atoms with Crippen molar-refractivity contribution in [2.45, 2.75) is 52.2 Å². The van der Waals surface area contributed by atoms with Crippen molar-refractivity contribution < 1.29 is 19.4 Å². The van der Waals surface area contributed by atoms with E-state index in [0.717, 1.165) is 19.3 Å². The second-order valence-electron chi connectivity index (χ2n) is 6.71. The van der Waals surface area contributed by atoms with Crippen molar-refractivity contribution in [1.29, 1.82) is 0 Å². The maximum absolute atomic E-state index is 12.2. The van der Waals surface area contributed by atoms with Crippen LogP contribution < -0.4 is 5.32 Å². The van der Waals surface area contributed by atoms with Crippen molar-refractivity contribution in [1.82, 2.24) is 5.32 Å². The lowest BCUT2D eigenvalue weighted by molar-refractivity contribution is -0.152.